The minimum Gasteiger partial charge on any atom is -0.301 e. The second-order valence-electron chi connectivity index (χ2n) is 14.6. The zero-order valence-corrected chi connectivity index (χ0v) is 43.2. The standard InChI is InChI=1S/C13H15ClN2OS.2C11H11ClN2O2S.C10H9ClN2O2S.3CH4/c1-10-8-12(16(3)15(10)2)9-18(17)13-6-4-11(14)5-7-13;1-14-9(6-11(15)13-14)7-17(16)10-4-2-8(12)3-5-10;1-14-11(15)6-9(13-14)7-17(16)10-4-2-8(12)3-5-10;11-7-1-3-9(4-2-7)16(15)6-8-5-10(14)13-12-8;;;/h4-8H,1,9H2,2-3H3;2-6H,7H2,1H3,(H,13,15);2-6,13H,7H2,1H3;1-5H,6H2,(H2,12,13,14);3*1H4. The van der Waals surface area contributed by atoms with Crippen molar-refractivity contribution in [1.82, 2.24) is 39.8 Å². The van der Waals surface area contributed by atoms with Gasteiger partial charge in [-0.2, -0.15) is 0 Å². The Morgan fingerprint density at radius 2 is 0.859 bits per heavy atom. The summed E-state index contributed by atoms with van der Waals surface area (Å²) in [5, 5.41) is 16.8. The first-order chi connectivity index (χ1) is 32.3. The summed E-state index contributed by atoms with van der Waals surface area (Å²) in [5.74, 6) is 1.34. The number of allylic oxidation sites excluding steroid dienone is 1. The molecule has 4 N–H and O–H groups in total. The van der Waals surface area contributed by atoms with Crippen LogP contribution in [-0.4, -0.2) is 76.5 Å². The minimum atomic E-state index is -1.18. The van der Waals surface area contributed by atoms with Crippen LogP contribution in [0.15, 0.2) is 173 Å². The second-order valence-corrected chi connectivity index (χ2v) is 22.1. The lowest BCUT2D eigenvalue weighted by atomic mass is 10.4. The predicted octanol–water partition coefficient (Wildman–Crippen LogP) is 9.56. The zero-order valence-electron chi connectivity index (χ0n) is 36.9. The largest absolute Gasteiger partial charge is 0.301 e. The average molecular weight is 1130 g/mol. The van der Waals surface area contributed by atoms with Crippen molar-refractivity contribution >= 4 is 89.6 Å². The molecule has 0 radical (unpaired) electrons. The Morgan fingerprint density at radius 3 is 1.18 bits per heavy atom. The van der Waals surface area contributed by atoms with Crippen molar-refractivity contribution < 1.29 is 16.8 Å². The molecule has 4 atom stereocenters. The van der Waals surface area contributed by atoms with Gasteiger partial charge in [0.25, 0.3) is 16.7 Å². The van der Waals surface area contributed by atoms with E-state index in [2.05, 4.69) is 27.0 Å². The third-order valence-corrected chi connectivity index (χ3v) is 16.1. The van der Waals surface area contributed by atoms with Crippen LogP contribution in [-0.2, 0) is 74.6 Å². The number of benzene rings is 4. The average Bonchev–Trinajstić information content (AvgIpc) is 4.03. The van der Waals surface area contributed by atoms with Crippen molar-refractivity contribution in [2.45, 2.75) is 59.1 Å². The second kappa shape index (κ2) is 29.3. The molecule has 0 bridgehead atoms. The summed E-state index contributed by atoms with van der Waals surface area (Å²) >= 11 is 23.0. The van der Waals surface area contributed by atoms with Crippen LogP contribution in [0, 0.1) is 0 Å². The molecule has 0 aliphatic carbocycles. The smallest absolute Gasteiger partial charge is 0.266 e. The number of H-pyrrole nitrogens is 4. The fourth-order valence-corrected chi connectivity index (χ4v) is 10.7. The third-order valence-electron chi connectivity index (χ3n) is 9.65. The van der Waals surface area contributed by atoms with Gasteiger partial charge in [0.15, 0.2) is 0 Å². The molecule has 3 aromatic heterocycles. The lowest BCUT2D eigenvalue weighted by Gasteiger charge is -2.26. The first-order valence-corrected chi connectivity index (χ1v) is 26.7. The van der Waals surface area contributed by atoms with E-state index in [0.29, 0.717) is 63.4 Å². The molecule has 7 aromatic rings. The highest BCUT2D eigenvalue weighted by atomic mass is 35.5. The summed E-state index contributed by atoms with van der Waals surface area (Å²) in [5.41, 5.74) is 3.36. The van der Waals surface area contributed by atoms with Gasteiger partial charge in [-0.25, -0.2) is 0 Å². The molecule has 71 heavy (non-hydrogen) atoms. The molecule has 0 saturated heterocycles. The summed E-state index contributed by atoms with van der Waals surface area (Å²) in [4.78, 5) is 36.0. The molecule has 384 valence electrons. The number of hydrogen-bond donors (Lipinski definition) is 4. The lowest BCUT2D eigenvalue weighted by Crippen LogP contribution is -2.30. The van der Waals surface area contributed by atoms with Crippen molar-refractivity contribution in [2.75, 3.05) is 19.8 Å². The van der Waals surface area contributed by atoms with Crippen molar-refractivity contribution in [3.63, 3.8) is 0 Å². The fraction of sp³-hybridized carbons (Fsp3) is 0.229. The molecule has 1 aliphatic rings. The topological polar surface area (TPSA) is 199 Å². The Labute approximate surface area is 443 Å². The van der Waals surface area contributed by atoms with E-state index < -0.39 is 43.2 Å². The number of nitrogens with one attached hydrogen (secondary N) is 4. The Kier molecular flexibility index (Phi) is 25.5. The summed E-state index contributed by atoms with van der Waals surface area (Å²) in [6, 6.07) is 31.9. The maximum atomic E-state index is 12.2. The predicted molar refractivity (Wildman–Crippen MR) is 294 cm³/mol. The summed E-state index contributed by atoms with van der Waals surface area (Å²) < 4.78 is 51.0. The van der Waals surface area contributed by atoms with Crippen LogP contribution in [0.25, 0.3) is 0 Å². The summed E-state index contributed by atoms with van der Waals surface area (Å²) in [6.45, 7) is 3.92. The van der Waals surface area contributed by atoms with E-state index in [1.165, 1.54) is 22.9 Å². The van der Waals surface area contributed by atoms with Gasteiger partial charge in [-0.05, 0) is 103 Å². The highest BCUT2D eigenvalue weighted by Gasteiger charge is 2.21. The van der Waals surface area contributed by atoms with Gasteiger partial charge in [-0.3, -0.25) is 65.9 Å². The van der Waals surface area contributed by atoms with E-state index in [0.717, 1.165) is 16.3 Å². The number of rotatable bonds is 12. The molecule has 0 spiro atoms. The van der Waals surface area contributed by atoms with E-state index in [1.54, 1.807) is 116 Å². The summed E-state index contributed by atoms with van der Waals surface area (Å²) in [7, 11) is 2.60. The van der Waals surface area contributed by atoms with Gasteiger partial charge in [0.1, 0.15) is 0 Å². The number of nitrogens with zero attached hydrogens (tertiary/aromatic N) is 4. The van der Waals surface area contributed by atoms with E-state index in [-0.39, 0.29) is 50.5 Å². The number of halogens is 4. The van der Waals surface area contributed by atoms with Crippen LogP contribution in [0.2, 0.25) is 20.1 Å². The zero-order chi connectivity index (χ0) is 49.7. The van der Waals surface area contributed by atoms with Crippen LogP contribution in [0.1, 0.15) is 39.4 Å². The molecule has 0 fully saturated rings. The van der Waals surface area contributed by atoms with Gasteiger partial charge in [-0.15, -0.1) is 0 Å². The van der Waals surface area contributed by atoms with Gasteiger partial charge < -0.3 is 5.10 Å². The van der Waals surface area contributed by atoms with Gasteiger partial charge >= 0.3 is 0 Å². The maximum absolute atomic E-state index is 12.2. The lowest BCUT2D eigenvalue weighted by molar-refractivity contribution is 0.134. The number of aryl methyl sites for hydroxylation is 2. The molecule has 4 heterocycles. The minimum absolute atomic E-state index is 0. The first-order valence-electron chi connectivity index (χ1n) is 19.9. The Hall–Kier alpha value is -5.25. The van der Waals surface area contributed by atoms with Crippen molar-refractivity contribution in [2.24, 2.45) is 14.1 Å². The molecule has 0 amide bonds. The van der Waals surface area contributed by atoms with Crippen molar-refractivity contribution in [3.8, 4) is 0 Å². The highest BCUT2D eigenvalue weighted by Crippen LogP contribution is 2.23. The van der Waals surface area contributed by atoms with Crippen LogP contribution in [0.3, 0.4) is 0 Å². The van der Waals surface area contributed by atoms with Crippen molar-refractivity contribution in [3.05, 3.63) is 208 Å². The normalized spacial score (nSPS) is 13.2. The quantitative estimate of drug-likeness (QED) is 0.0920. The first kappa shape index (κ1) is 61.9. The molecule has 4 aromatic carbocycles. The van der Waals surface area contributed by atoms with Gasteiger partial charge in [0, 0.05) is 97.5 Å². The number of aromatic nitrogens is 6. The number of likely N-dealkylation sites (N-methyl/N-ethyl adjacent to an activating group) is 1. The van der Waals surface area contributed by atoms with Gasteiger partial charge in [0.2, 0.25) is 0 Å². The van der Waals surface area contributed by atoms with E-state index in [1.807, 2.05) is 30.2 Å². The molecular formula is C48H58Cl4N8O7S4. The number of hydrazine groups is 1. The molecule has 23 heteroatoms. The monoisotopic (exact) mass is 1130 g/mol. The van der Waals surface area contributed by atoms with Crippen LogP contribution in [0.4, 0.5) is 0 Å². The molecular weight excluding hydrogens is 1070 g/mol. The van der Waals surface area contributed by atoms with E-state index in [4.69, 9.17) is 46.4 Å². The Bertz CT molecular complexity index is 3130. The molecule has 0 saturated carbocycles. The highest BCUT2D eigenvalue weighted by molar-refractivity contribution is 7.85. The third kappa shape index (κ3) is 19.0. The SMILES string of the molecule is C.C.C.C=C1C=C(CS(=O)c2ccc(Cl)cc2)N(C)N1C.Cn1[nH]c(=O)cc1CS(=O)c1ccc(Cl)cc1.Cn1[nH]c(CS(=O)c2ccc(Cl)cc2)cc1=O.O=c1cc(CS(=O)c2ccc(Cl)cc2)[nH][nH]1. The number of hydrogen-bond acceptors (Lipinski definition) is 9. The molecule has 4 unspecified atom stereocenters. The van der Waals surface area contributed by atoms with Crippen molar-refractivity contribution in [1.29, 1.82) is 0 Å². The fourth-order valence-electron chi connectivity index (χ4n) is 5.86. The van der Waals surface area contributed by atoms with Crippen LogP contribution in [0.5, 0.6) is 0 Å². The molecule has 1 aliphatic heterocycles. The van der Waals surface area contributed by atoms with E-state index in [9.17, 15) is 31.2 Å². The Balaban J connectivity index is 0.000000320. The van der Waals surface area contributed by atoms with Crippen LogP contribution < -0.4 is 16.7 Å². The molecule has 15 nitrogen and oxygen atoms in total. The molecule has 8 rings (SSSR count). The maximum Gasteiger partial charge on any atom is 0.266 e. The number of aromatic amines is 4. The van der Waals surface area contributed by atoms with E-state index >= 15 is 0 Å². The van der Waals surface area contributed by atoms with Crippen LogP contribution >= 0.6 is 46.4 Å². The Morgan fingerprint density at radius 1 is 0.465 bits per heavy atom. The van der Waals surface area contributed by atoms with Gasteiger partial charge in [0.05, 0.1) is 83.3 Å². The van der Waals surface area contributed by atoms with Gasteiger partial charge in [-0.1, -0.05) is 75.3 Å². The summed E-state index contributed by atoms with van der Waals surface area (Å²) in [6.07, 6.45) is 1.95.